The molecule has 0 bridgehead atoms. The van der Waals surface area contributed by atoms with Crippen LogP contribution in [0.25, 0.3) is 5.82 Å². The monoisotopic (exact) mass is 270 g/mol. The largest absolute Gasteiger partial charge is 0.381 e. The van der Waals surface area contributed by atoms with Gasteiger partial charge in [0.15, 0.2) is 0 Å². The first-order valence-electron chi connectivity index (χ1n) is 7.57. The maximum atomic E-state index is 4.50. The Kier molecular flexibility index (Phi) is 4.00. The van der Waals surface area contributed by atoms with E-state index < -0.39 is 0 Å². The van der Waals surface area contributed by atoms with Gasteiger partial charge in [0.25, 0.3) is 0 Å². The molecule has 0 spiro atoms. The lowest BCUT2D eigenvalue weighted by atomic mass is 9.83. The third-order valence-electron chi connectivity index (χ3n) is 4.30. The normalized spacial score (nSPS) is 22.6. The predicted molar refractivity (Wildman–Crippen MR) is 81.0 cm³/mol. The molecule has 1 aliphatic rings. The molecule has 1 saturated carbocycles. The van der Waals surface area contributed by atoms with Crippen molar-refractivity contribution in [2.24, 2.45) is 5.92 Å². The van der Waals surface area contributed by atoms with Gasteiger partial charge in [0.1, 0.15) is 12.1 Å². The van der Waals surface area contributed by atoms with Crippen molar-refractivity contribution in [2.75, 3.05) is 5.32 Å². The molecule has 2 aromatic rings. The van der Waals surface area contributed by atoms with Crippen LogP contribution in [0.15, 0.2) is 37.1 Å². The summed E-state index contributed by atoms with van der Waals surface area (Å²) in [5.41, 5.74) is 1.12. The molecule has 2 heterocycles. The van der Waals surface area contributed by atoms with Crippen molar-refractivity contribution in [3.8, 4) is 5.82 Å². The van der Waals surface area contributed by atoms with Gasteiger partial charge >= 0.3 is 0 Å². The molecule has 2 atom stereocenters. The zero-order valence-corrected chi connectivity index (χ0v) is 12.0. The summed E-state index contributed by atoms with van der Waals surface area (Å²) in [6.45, 7) is 2.30. The third-order valence-corrected chi connectivity index (χ3v) is 4.30. The van der Waals surface area contributed by atoms with E-state index in [0.29, 0.717) is 6.04 Å². The maximum absolute atomic E-state index is 4.50. The fraction of sp³-hybridized carbons (Fsp3) is 0.500. The van der Waals surface area contributed by atoms with E-state index in [9.17, 15) is 0 Å². The average molecular weight is 270 g/mol. The van der Waals surface area contributed by atoms with Gasteiger partial charge in [-0.15, -0.1) is 0 Å². The van der Waals surface area contributed by atoms with Gasteiger partial charge in [0, 0.05) is 18.4 Å². The average Bonchev–Trinajstić information content (AvgIpc) is 3.03. The molecule has 0 aliphatic heterocycles. The number of hydrogen-bond acceptors (Lipinski definition) is 3. The van der Waals surface area contributed by atoms with Crippen molar-refractivity contribution in [3.05, 3.63) is 37.1 Å². The van der Waals surface area contributed by atoms with Gasteiger partial charge in [-0.25, -0.2) is 9.97 Å². The minimum absolute atomic E-state index is 0.606. The van der Waals surface area contributed by atoms with Crippen LogP contribution >= 0.6 is 0 Å². The van der Waals surface area contributed by atoms with E-state index in [0.717, 1.165) is 17.4 Å². The van der Waals surface area contributed by atoms with Gasteiger partial charge in [-0.05, 0) is 30.9 Å². The smallest absolute Gasteiger partial charge is 0.137 e. The van der Waals surface area contributed by atoms with Crippen LogP contribution in [-0.2, 0) is 0 Å². The lowest BCUT2D eigenvalue weighted by Gasteiger charge is -2.32. The first-order valence-corrected chi connectivity index (χ1v) is 7.57. The van der Waals surface area contributed by atoms with Crippen molar-refractivity contribution >= 4 is 5.69 Å². The molecular weight excluding hydrogens is 248 g/mol. The van der Waals surface area contributed by atoms with Crippen LogP contribution in [0.5, 0.6) is 0 Å². The van der Waals surface area contributed by atoms with E-state index in [-0.39, 0.29) is 0 Å². The number of anilines is 1. The van der Waals surface area contributed by atoms with E-state index in [2.05, 4.69) is 28.3 Å². The highest BCUT2D eigenvalue weighted by Crippen LogP contribution is 2.29. The molecule has 0 aromatic carbocycles. The summed E-state index contributed by atoms with van der Waals surface area (Å²) in [6.07, 6.45) is 14.0. The van der Waals surface area contributed by atoms with Crippen LogP contribution < -0.4 is 5.32 Å². The van der Waals surface area contributed by atoms with Gasteiger partial charge in [0.05, 0.1) is 11.9 Å². The van der Waals surface area contributed by atoms with Gasteiger partial charge in [0.2, 0.25) is 0 Å². The molecule has 0 amide bonds. The number of nitrogens with zero attached hydrogens (tertiary/aromatic N) is 3. The Labute approximate surface area is 120 Å². The van der Waals surface area contributed by atoms with Crippen molar-refractivity contribution in [2.45, 2.75) is 45.1 Å². The van der Waals surface area contributed by atoms with Crippen molar-refractivity contribution in [1.82, 2.24) is 14.5 Å². The lowest BCUT2D eigenvalue weighted by Crippen LogP contribution is -2.31. The first-order chi connectivity index (χ1) is 9.86. The number of hydrogen-bond donors (Lipinski definition) is 1. The van der Waals surface area contributed by atoms with Gasteiger partial charge in [-0.3, -0.25) is 4.57 Å². The molecule has 1 fully saturated rings. The Hall–Kier alpha value is -1.84. The number of aromatic nitrogens is 3. The number of rotatable bonds is 4. The SMILES string of the molecule is CCC1CCCCC1Nc1ccc(-n2ccnc2)nc1. The highest BCUT2D eigenvalue weighted by molar-refractivity contribution is 5.44. The molecule has 1 aliphatic carbocycles. The van der Waals surface area contributed by atoms with E-state index >= 15 is 0 Å². The zero-order valence-electron chi connectivity index (χ0n) is 12.0. The van der Waals surface area contributed by atoms with Crippen molar-refractivity contribution in [3.63, 3.8) is 0 Å². The molecule has 0 radical (unpaired) electrons. The summed E-state index contributed by atoms with van der Waals surface area (Å²) in [4.78, 5) is 8.54. The molecule has 1 N–H and O–H groups in total. The second kappa shape index (κ2) is 6.07. The molecule has 2 unspecified atom stereocenters. The topological polar surface area (TPSA) is 42.7 Å². The van der Waals surface area contributed by atoms with Crippen LogP contribution in [-0.4, -0.2) is 20.6 Å². The second-order valence-corrected chi connectivity index (χ2v) is 5.58. The molecule has 4 nitrogen and oxygen atoms in total. The summed E-state index contributed by atoms with van der Waals surface area (Å²) in [5, 5.41) is 3.67. The summed E-state index contributed by atoms with van der Waals surface area (Å²) >= 11 is 0. The first kappa shape index (κ1) is 13.2. The highest BCUT2D eigenvalue weighted by atomic mass is 15.1. The molecule has 2 aromatic heterocycles. The quantitative estimate of drug-likeness (QED) is 0.922. The van der Waals surface area contributed by atoms with Crippen LogP contribution in [0.4, 0.5) is 5.69 Å². The summed E-state index contributed by atoms with van der Waals surface area (Å²) in [6, 6.07) is 4.76. The van der Waals surface area contributed by atoms with Gasteiger partial charge < -0.3 is 5.32 Å². The Balaban J connectivity index is 1.68. The van der Waals surface area contributed by atoms with E-state index in [4.69, 9.17) is 0 Å². The minimum atomic E-state index is 0.606. The van der Waals surface area contributed by atoms with Crippen molar-refractivity contribution in [1.29, 1.82) is 0 Å². The molecular formula is C16H22N4. The summed E-state index contributed by atoms with van der Waals surface area (Å²) in [5.74, 6) is 1.71. The Bertz CT molecular complexity index is 518. The van der Waals surface area contributed by atoms with Gasteiger partial charge in [-0.1, -0.05) is 26.2 Å². The fourth-order valence-electron chi connectivity index (χ4n) is 3.12. The highest BCUT2D eigenvalue weighted by Gasteiger charge is 2.23. The molecule has 106 valence electrons. The summed E-state index contributed by atoms with van der Waals surface area (Å²) in [7, 11) is 0. The summed E-state index contributed by atoms with van der Waals surface area (Å²) < 4.78 is 1.92. The van der Waals surface area contributed by atoms with E-state index in [1.807, 2.05) is 23.0 Å². The number of pyridine rings is 1. The molecule has 20 heavy (non-hydrogen) atoms. The van der Waals surface area contributed by atoms with Crippen LogP contribution in [0.3, 0.4) is 0 Å². The number of imidazole rings is 1. The Morgan fingerprint density at radius 2 is 2.20 bits per heavy atom. The van der Waals surface area contributed by atoms with Crippen molar-refractivity contribution < 1.29 is 0 Å². The Morgan fingerprint density at radius 3 is 2.90 bits per heavy atom. The second-order valence-electron chi connectivity index (χ2n) is 5.58. The molecule has 0 saturated heterocycles. The van der Waals surface area contributed by atoms with Crippen LogP contribution in [0.1, 0.15) is 39.0 Å². The van der Waals surface area contributed by atoms with Crippen LogP contribution in [0, 0.1) is 5.92 Å². The lowest BCUT2D eigenvalue weighted by molar-refractivity contribution is 0.317. The van der Waals surface area contributed by atoms with Crippen LogP contribution in [0.2, 0.25) is 0 Å². The third kappa shape index (κ3) is 2.84. The predicted octanol–water partition coefficient (Wildman–Crippen LogP) is 3.65. The molecule has 4 heteroatoms. The fourth-order valence-corrected chi connectivity index (χ4v) is 3.12. The Morgan fingerprint density at radius 1 is 1.30 bits per heavy atom. The minimum Gasteiger partial charge on any atom is -0.381 e. The standard InChI is InChI=1S/C16H22N4/c1-2-13-5-3-4-6-15(13)19-14-7-8-16(18-11-14)20-10-9-17-12-20/h7-13,15,19H,2-6H2,1H3. The van der Waals surface area contributed by atoms with Gasteiger partial charge in [-0.2, -0.15) is 0 Å². The maximum Gasteiger partial charge on any atom is 0.137 e. The number of nitrogens with one attached hydrogen (secondary N) is 1. The molecule has 3 rings (SSSR count). The van der Waals surface area contributed by atoms with E-state index in [1.54, 1.807) is 12.5 Å². The van der Waals surface area contributed by atoms with E-state index in [1.165, 1.54) is 32.1 Å². The zero-order chi connectivity index (χ0) is 13.8.